The average Bonchev–Trinajstić information content (AvgIpc) is 2.47. The van der Waals surface area contributed by atoms with Gasteiger partial charge in [0.2, 0.25) is 10.0 Å². The first-order valence-electron chi connectivity index (χ1n) is 7.05. The Hall–Kier alpha value is -0.470. The second-order valence-corrected chi connectivity index (χ2v) is 7.29. The Morgan fingerprint density at radius 1 is 1.29 bits per heavy atom. The summed E-state index contributed by atoms with van der Waals surface area (Å²) in [4.78, 5) is 2.45. The molecule has 0 aliphatic heterocycles. The first kappa shape index (κ1) is 18.6. The zero-order chi connectivity index (χ0) is 15.9. The van der Waals surface area contributed by atoms with Crippen LogP contribution in [0, 0.1) is 0 Å². The van der Waals surface area contributed by atoms with E-state index < -0.39 is 10.0 Å². The number of halogens is 1. The normalized spacial score (nSPS) is 12.0. The number of aliphatic hydroxyl groups excluding tert-OH is 1. The van der Waals surface area contributed by atoms with Crippen LogP contribution in [0.2, 0.25) is 0 Å². The maximum atomic E-state index is 12.2. The van der Waals surface area contributed by atoms with Gasteiger partial charge in [-0.2, -0.15) is 0 Å². The van der Waals surface area contributed by atoms with E-state index in [9.17, 15) is 8.42 Å². The van der Waals surface area contributed by atoms with Crippen molar-refractivity contribution < 1.29 is 13.5 Å². The third-order valence-electron chi connectivity index (χ3n) is 3.31. The zero-order valence-electron chi connectivity index (χ0n) is 12.5. The van der Waals surface area contributed by atoms with E-state index in [0.717, 1.165) is 26.1 Å². The van der Waals surface area contributed by atoms with Crippen LogP contribution in [0.15, 0.2) is 27.6 Å². The van der Waals surface area contributed by atoms with Gasteiger partial charge in [-0.3, -0.25) is 0 Å². The van der Waals surface area contributed by atoms with Gasteiger partial charge in [-0.15, -0.1) is 0 Å². The van der Waals surface area contributed by atoms with Crippen LogP contribution in [0.1, 0.15) is 25.8 Å². The van der Waals surface area contributed by atoms with Gasteiger partial charge in [0.15, 0.2) is 0 Å². The van der Waals surface area contributed by atoms with Crippen LogP contribution in [0.4, 0.5) is 0 Å². The highest BCUT2D eigenvalue weighted by Crippen LogP contribution is 2.23. The lowest BCUT2D eigenvalue weighted by molar-refractivity contribution is 0.281. The van der Waals surface area contributed by atoms with Crippen molar-refractivity contribution >= 4 is 26.0 Å². The van der Waals surface area contributed by atoms with Gasteiger partial charge in [-0.05, 0) is 59.7 Å². The molecule has 0 aliphatic rings. The lowest BCUT2D eigenvalue weighted by atomic mass is 10.2. The molecule has 0 spiro atoms. The summed E-state index contributed by atoms with van der Waals surface area (Å²) in [6, 6.07) is 4.72. The molecule has 0 aliphatic carbocycles. The Morgan fingerprint density at radius 2 is 1.95 bits per heavy atom. The summed E-state index contributed by atoms with van der Waals surface area (Å²) in [5, 5.41) is 9.04. The molecule has 0 fully saturated rings. The van der Waals surface area contributed by atoms with Crippen LogP contribution < -0.4 is 4.72 Å². The largest absolute Gasteiger partial charge is 0.392 e. The Balaban J connectivity index is 2.61. The van der Waals surface area contributed by atoms with E-state index in [1.807, 2.05) is 0 Å². The Labute approximate surface area is 135 Å². The summed E-state index contributed by atoms with van der Waals surface area (Å²) in [7, 11) is -3.52. The average molecular weight is 379 g/mol. The topological polar surface area (TPSA) is 69.6 Å². The standard InChI is InChI=1S/C14H23BrN2O3S/c1-3-17(4-2)9-5-8-16-21(19,20)14-7-6-12(11-18)10-13(14)15/h6-7,10,16,18H,3-5,8-9,11H2,1-2H3. The number of benzene rings is 1. The van der Waals surface area contributed by atoms with Crippen LogP contribution in [-0.2, 0) is 16.6 Å². The third kappa shape index (κ3) is 5.67. The Bertz CT molecular complexity index is 545. The Kier molecular flexibility index (Phi) is 7.83. The highest BCUT2D eigenvalue weighted by molar-refractivity contribution is 9.10. The molecule has 0 unspecified atom stereocenters. The number of nitrogens with zero attached hydrogens (tertiary/aromatic N) is 1. The molecule has 0 heterocycles. The molecule has 0 amide bonds. The van der Waals surface area contributed by atoms with Gasteiger partial charge in [0.25, 0.3) is 0 Å². The second kappa shape index (κ2) is 8.85. The van der Waals surface area contributed by atoms with E-state index in [1.165, 1.54) is 6.07 Å². The van der Waals surface area contributed by atoms with E-state index in [-0.39, 0.29) is 11.5 Å². The number of sulfonamides is 1. The molecule has 0 aromatic heterocycles. The highest BCUT2D eigenvalue weighted by atomic mass is 79.9. The number of aliphatic hydroxyl groups is 1. The smallest absolute Gasteiger partial charge is 0.241 e. The van der Waals surface area contributed by atoms with Crippen molar-refractivity contribution in [1.82, 2.24) is 9.62 Å². The molecule has 0 saturated carbocycles. The molecule has 2 N–H and O–H groups in total. The van der Waals surface area contributed by atoms with Crippen LogP contribution in [0.5, 0.6) is 0 Å². The highest BCUT2D eigenvalue weighted by Gasteiger charge is 2.17. The molecule has 0 radical (unpaired) electrons. The fourth-order valence-corrected chi connectivity index (χ4v) is 4.18. The number of rotatable bonds is 9. The second-order valence-electron chi connectivity index (χ2n) is 4.70. The van der Waals surface area contributed by atoms with Gasteiger partial charge in [0.1, 0.15) is 0 Å². The molecular weight excluding hydrogens is 356 g/mol. The molecule has 0 atom stereocenters. The maximum absolute atomic E-state index is 12.2. The minimum atomic E-state index is -3.52. The lowest BCUT2D eigenvalue weighted by Crippen LogP contribution is -2.30. The summed E-state index contributed by atoms with van der Waals surface area (Å²) in [5.74, 6) is 0. The molecule has 0 bridgehead atoms. The first-order valence-corrected chi connectivity index (χ1v) is 9.33. The maximum Gasteiger partial charge on any atom is 0.241 e. The van der Waals surface area contributed by atoms with Crippen LogP contribution in [0.25, 0.3) is 0 Å². The molecule has 21 heavy (non-hydrogen) atoms. The molecule has 120 valence electrons. The van der Waals surface area contributed by atoms with E-state index >= 15 is 0 Å². The molecule has 5 nitrogen and oxygen atoms in total. The third-order valence-corrected chi connectivity index (χ3v) is 5.74. The van der Waals surface area contributed by atoms with Gasteiger partial charge in [-0.25, -0.2) is 13.1 Å². The van der Waals surface area contributed by atoms with E-state index in [2.05, 4.69) is 39.4 Å². The van der Waals surface area contributed by atoms with Crippen LogP contribution in [-0.4, -0.2) is 44.6 Å². The van der Waals surface area contributed by atoms with Crippen molar-refractivity contribution in [3.05, 3.63) is 28.2 Å². The summed E-state index contributed by atoms with van der Waals surface area (Å²) in [6.45, 7) is 7.29. The lowest BCUT2D eigenvalue weighted by Gasteiger charge is -2.17. The molecule has 1 aromatic carbocycles. The monoisotopic (exact) mass is 378 g/mol. The Morgan fingerprint density at radius 3 is 2.48 bits per heavy atom. The van der Waals surface area contributed by atoms with Crippen molar-refractivity contribution in [2.45, 2.75) is 31.8 Å². The van der Waals surface area contributed by atoms with E-state index in [0.29, 0.717) is 16.6 Å². The van der Waals surface area contributed by atoms with E-state index in [1.54, 1.807) is 12.1 Å². The number of nitrogens with one attached hydrogen (secondary N) is 1. The number of hydrogen-bond donors (Lipinski definition) is 2. The van der Waals surface area contributed by atoms with Crippen molar-refractivity contribution in [3.8, 4) is 0 Å². The summed E-state index contributed by atoms with van der Waals surface area (Å²) >= 11 is 3.24. The molecular formula is C14H23BrN2O3S. The fraction of sp³-hybridized carbons (Fsp3) is 0.571. The van der Waals surface area contributed by atoms with Crippen LogP contribution in [0.3, 0.4) is 0 Å². The molecule has 1 aromatic rings. The first-order chi connectivity index (χ1) is 9.94. The van der Waals surface area contributed by atoms with Crippen molar-refractivity contribution in [1.29, 1.82) is 0 Å². The van der Waals surface area contributed by atoms with E-state index in [4.69, 9.17) is 5.11 Å². The van der Waals surface area contributed by atoms with Crippen molar-refractivity contribution in [2.24, 2.45) is 0 Å². The fourth-order valence-electron chi connectivity index (χ4n) is 1.99. The quantitative estimate of drug-likeness (QED) is 0.644. The minimum Gasteiger partial charge on any atom is -0.392 e. The predicted octanol–water partition coefficient (Wildman–Crippen LogP) is 1.95. The number of hydrogen-bond acceptors (Lipinski definition) is 4. The zero-order valence-corrected chi connectivity index (χ0v) is 14.9. The molecule has 0 saturated heterocycles. The SMILES string of the molecule is CCN(CC)CCCNS(=O)(=O)c1ccc(CO)cc1Br. The summed E-state index contributed by atoms with van der Waals surface area (Å²) in [6.07, 6.45) is 0.771. The van der Waals surface area contributed by atoms with Crippen LogP contribution >= 0.6 is 15.9 Å². The summed E-state index contributed by atoms with van der Waals surface area (Å²) < 4.78 is 27.5. The van der Waals surface area contributed by atoms with Gasteiger partial charge in [0, 0.05) is 11.0 Å². The molecule has 7 heteroatoms. The van der Waals surface area contributed by atoms with Gasteiger partial charge < -0.3 is 10.0 Å². The predicted molar refractivity (Wildman–Crippen MR) is 87.7 cm³/mol. The summed E-state index contributed by atoms with van der Waals surface area (Å²) in [5.41, 5.74) is 0.669. The van der Waals surface area contributed by atoms with Crippen molar-refractivity contribution in [2.75, 3.05) is 26.2 Å². The minimum absolute atomic E-state index is 0.115. The van der Waals surface area contributed by atoms with Gasteiger partial charge >= 0.3 is 0 Å². The van der Waals surface area contributed by atoms with Crippen molar-refractivity contribution in [3.63, 3.8) is 0 Å². The van der Waals surface area contributed by atoms with Gasteiger partial charge in [-0.1, -0.05) is 19.9 Å². The molecule has 1 rings (SSSR count). The van der Waals surface area contributed by atoms with Gasteiger partial charge in [0.05, 0.1) is 11.5 Å².